The number of nitrogens with zero attached hydrogens (tertiary/aromatic N) is 3. The Hall–Kier alpha value is -0.973. The van der Waals surface area contributed by atoms with Crippen molar-refractivity contribution in [1.29, 1.82) is 0 Å². The minimum Gasteiger partial charge on any atom is -0.380 e. The summed E-state index contributed by atoms with van der Waals surface area (Å²) in [6.07, 6.45) is 0. The third kappa shape index (κ3) is 3.50. The van der Waals surface area contributed by atoms with Crippen LogP contribution in [0.4, 0.5) is 5.95 Å². The van der Waals surface area contributed by atoms with Gasteiger partial charge in [-0.05, 0) is 13.8 Å². The predicted octanol–water partition coefficient (Wildman–Crippen LogP) is 1.74. The molecule has 0 fully saturated rings. The molecule has 1 aromatic heterocycles. The van der Waals surface area contributed by atoms with Crippen LogP contribution in [0.15, 0.2) is 0 Å². The first kappa shape index (κ1) is 10.1. The smallest absolute Gasteiger partial charge is 0.218 e. The Morgan fingerprint density at radius 1 is 0.923 bits per heavy atom. The molecule has 0 unspecified atom stereocenters. The summed E-state index contributed by atoms with van der Waals surface area (Å²) in [6, 6.07) is 0. The van der Waals surface area contributed by atoms with E-state index < -0.39 is 8.24 Å². The minimum absolute atomic E-state index is 0.712. The van der Waals surface area contributed by atoms with Gasteiger partial charge in [0.15, 0.2) is 0 Å². The molecule has 0 aromatic carbocycles. The summed E-state index contributed by atoms with van der Waals surface area (Å²) in [7, 11) is -1.35. The maximum Gasteiger partial charge on any atom is 0.218 e. The van der Waals surface area contributed by atoms with Crippen LogP contribution in [0.5, 0.6) is 0 Å². The van der Waals surface area contributed by atoms with Gasteiger partial charge in [-0.1, -0.05) is 19.6 Å². The summed E-state index contributed by atoms with van der Waals surface area (Å²) < 4.78 is 0. The van der Waals surface area contributed by atoms with Gasteiger partial charge in [0, 0.05) is 0 Å². The third-order valence-corrected chi connectivity index (χ3v) is 2.32. The summed E-state index contributed by atoms with van der Waals surface area (Å²) in [5.41, 5.74) is 0. The normalized spacial score (nSPS) is 11.5. The zero-order chi connectivity index (χ0) is 10.1. The lowest BCUT2D eigenvalue weighted by atomic mass is 10.6. The number of nitrogens with one attached hydrogen (secondary N) is 1. The van der Waals surface area contributed by atoms with Crippen molar-refractivity contribution >= 4 is 14.2 Å². The van der Waals surface area contributed by atoms with Gasteiger partial charge in [0.2, 0.25) is 5.95 Å². The largest absolute Gasteiger partial charge is 0.380 e. The number of rotatable bonds is 2. The molecule has 1 aromatic rings. The van der Waals surface area contributed by atoms with E-state index in [1.165, 1.54) is 0 Å². The highest BCUT2D eigenvalue weighted by Gasteiger charge is 2.14. The van der Waals surface area contributed by atoms with Gasteiger partial charge in [-0.15, -0.1) is 0 Å². The van der Waals surface area contributed by atoms with E-state index in [1.807, 2.05) is 13.8 Å². The molecule has 5 heteroatoms. The van der Waals surface area contributed by atoms with Gasteiger partial charge < -0.3 is 4.98 Å². The van der Waals surface area contributed by atoms with Crippen LogP contribution in [0.1, 0.15) is 11.6 Å². The summed E-state index contributed by atoms with van der Waals surface area (Å²) in [6.45, 7) is 10.4. The van der Waals surface area contributed by atoms with Crippen LogP contribution in [0.2, 0.25) is 19.6 Å². The van der Waals surface area contributed by atoms with Crippen molar-refractivity contribution in [1.82, 2.24) is 15.0 Å². The van der Waals surface area contributed by atoms with Gasteiger partial charge in [-0.25, -0.2) is 4.98 Å². The molecular formula is C8H16N4Si. The molecule has 0 aliphatic carbocycles. The van der Waals surface area contributed by atoms with E-state index in [1.54, 1.807) is 0 Å². The van der Waals surface area contributed by atoms with Crippen LogP contribution in [0.3, 0.4) is 0 Å². The van der Waals surface area contributed by atoms with E-state index in [2.05, 4.69) is 39.6 Å². The Balaban J connectivity index is 2.90. The molecular weight excluding hydrogens is 180 g/mol. The highest BCUT2D eigenvalue weighted by molar-refractivity contribution is 6.79. The fourth-order valence-corrected chi connectivity index (χ4v) is 1.79. The van der Waals surface area contributed by atoms with Crippen molar-refractivity contribution in [3.8, 4) is 0 Å². The molecule has 72 valence electrons. The van der Waals surface area contributed by atoms with Crippen LogP contribution < -0.4 is 4.98 Å². The molecule has 0 aliphatic heterocycles. The Morgan fingerprint density at radius 3 is 1.77 bits per heavy atom. The molecule has 13 heavy (non-hydrogen) atoms. The number of anilines is 1. The first-order valence-corrected chi connectivity index (χ1v) is 7.84. The van der Waals surface area contributed by atoms with Crippen LogP contribution in [-0.2, 0) is 0 Å². The van der Waals surface area contributed by atoms with Crippen LogP contribution in [0.25, 0.3) is 0 Å². The van der Waals surface area contributed by atoms with E-state index in [4.69, 9.17) is 0 Å². The summed E-state index contributed by atoms with van der Waals surface area (Å²) in [4.78, 5) is 15.9. The standard InChI is InChI=1S/C8H16N4Si/c1-6-9-7(2)11-8(10-6)12-13(3,4)5/h1-5H3,(H,9,10,11,12). The number of aryl methyl sites for hydroxylation is 2. The van der Waals surface area contributed by atoms with E-state index in [0.717, 1.165) is 11.6 Å². The van der Waals surface area contributed by atoms with E-state index in [9.17, 15) is 0 Å². The highest BCUT2D eigenvalue weighted by atomic mass is 28.3. The highest BCUT2D eigenvalue weighted by Crippen LogP contribution is 2.06. The monoisotopic (exact) mass is 196 g/mol. The molecule has 4 nitrogen and oxygen atoms in total. The fraction of sp³-hybridized carbons (Fsp3) is 0.625. The molecule has 0 radical (unpaired) electrons. The Labute approximate surface area is 79.9 Å². The molecule has 0 amide bonds. The second kappa shape index (κ2) is 3.41. The van der Waals surface area contributed by atoms with E-state index in [0.29, 0.717) is 5.95 Å². The zero-order valence-electron chi connectivity index (χ0n) is 8.84. The van der Waals surface area contributed by atoms with Gasteiger partial charge in [0.25, 0.3) is 0 Å². The van der Waals surface area contributed by atoms with Gasteiger partial charge in [0.1, 0.15) is 19.9 Å². The van der Waals surface area contributed by atoms with Crippen molar-refractivity contribution in [3.63, 3.8) is 0 Å². The number of hydrogen-bond acceptors (Lipinski definition) is 4. The molecule has 1 N–H and O–H groups in total. The lowest BCUT2D eigenvalue weighted by Gasteiger charge is -2.17. The first-order chi connectivity index (χ1) is 5.87. The second-order valence-corrected chi connectivity index (χ2v) is 8.88. The van der Waals surface area contributed by atoms with Crippen molar-refractivity contribution in [2.45, 2.75) is 33.5 Å². The summed E-state index contributed by atoms with van der Waals surface area (Å²) in [5.74, 6) is 2.26. The van der Waals surface area contributed by atoms with Crippen LogP contribution in [-0.4, -0.2) is 23.2 Å². The minimum atomic E-state index is -1.35. The molecule has 0 saturated carbocycles. The topological polar surface area (TPSA) is 50.7 Å². The fourth-order valence-electron chi connectivity index (χ4n) is 1.01. The van der Waals surface area contributed by atoms with Crippen molar-refractivity contribution in [3.05, 3.63) is 11.6 Å². The Kier molecular flexibility index (Phi) is 2.65. The Bertz CT molecular complexity index is 285. The van der Waals surface area contributed by atoms with Crippen molar-refractivity contribution < 1.29 is 0 Å². The van der Waals surface area contributed by atoms with Crippen LogP contribution >= 0.6 is 0 Å². The quantitative estimate of drug-likeness (QED) is 0.732. The van der Waals surface area contributed by atoms with Gasteiger partial charge >= 0.3 is 0 Å². The van der Waals surface area contributed by atoms with Crippen LogP contribution in [0, 0.1) is 13.8 Å². The molecule has 0 aliphatic rings. The number of hydrogen-bond donors (Lipinski definition) is 1. The maximum absolute atomic E-state index is 4.22. The molecule has 1 heterocycles. The van der Waals surface area contributed by atoms with Gasteiger partial charge in [-0.2, -0.15) is 9.97 Å². The van der Waals surface area contributed by atoms with Crippen molar-refractivity contribution in [2.75, 3.05) is 4.98 Å². The molecule has 0 bridgehead atoms. The molecule has 1 rings (SSSR count). The predicted molar refractivity (Wildman–Crippen MR) is 56.3 cm³/mol. The Morgan fingerprint density at radius 2 is 1.38 bits per heavy atom. The third-order valence-electron chi connectivity index (χ3n) is 1.35. The van der Waals surface area contributed by atoms with Crippen molar-refractivity contribution in [2.24, 2.45) is 0 Å². The SMILES string of the molecule is Cc1nc(C)nc(N[Si](C)(C)C)n1. The maximum atomic E-state index is 4.22. The molecule has 0 saturated heterocycles. The van der Waals surface area contributed by atoms with Gasteiger partial charge in [-0.3, -0.25) is 0 Å². The summed E-state index contributed by atoms with van der Waals surface area (Å²) >= 11 is 0. The lowest BCUT2D eigenvalue weighted by molar-refractivity contribution is 0.930. The zero-order valence-corrected chi connectivity index (χ0v) is 9.84. The average Bonchev–Trinajstić information content (AvgIpc) is 1.78. The lowest BCUT2D eigenvalue weighted by Crippen LogP contribution is -2.33. The molecule has 0 spiro atoms. The van der Waals surface area contributed by atoms with E-state index in [-0.39, 0.29) is 0 Å². The van der Waals surface area contributed by atoms with E-state index >= 15 is 0 Å². The first-order valence-electron chi connectivity index (χ1n) is 4.34. The summed E-state index contributed by atoms with van der Waals surface area (Å²) in [5, 5.41) is 0. The number of aromatic nitrogens is 3. The second-order valence-electron chi connectivity index (χ2n) is 4.13. The molecule has 0 atom stereocenters. The van der Waals surface area contributed by atoms with Gasteiger partial charge in [0.05, 0.1) is 0 Å². The average molecular weight is 196 g/mol.